The molecule has 0 radical (unpaired) electrons. The van der Waals surface area contributed by atoms with Crippen molar-refractivity contribution in [2.45, 2.75) is 31.4 Å². The van der Waals surface area contributed by atoms with Gasteiger partial charge in [-0.1, -0.05) is 19.4 Å². The number of hydrogen-bond acceptors (Lipinski definition) is 3. The molecule has 0 aliphatic heterocycles. The maximum atomic E-state index is 5.39. The first-order chi connectivity index (χ1) is 7.55. The Bertz CT molecular complexity index is 348. The molecule has 0 bridgehead atoms. The van der Waals surface area contributed by atoms with Crippen LogP contribution in [0.5, 0.6) is 11.5 Å². The SMILES string of the molecule is CCCC(C)(S)c1ccc(OC)cc1OC. The molecule has 16 heavy (non-hydrogen) atoms. The summed E-state index contributed by atoms with van der Waals surface area (Å²) in [6.45, 7) is 4.27. The van der Waals surface area contributed by atoms with E-state index in [0.717, 1.165) is 29.9 Å². The molecule has 0 aliphatic rings. The van der Waals surface area contributed by atoms with Crippen molar-refractivity contribution >= 4 is 12.6 Å². The van der Waals surface area contributed by atoms with Gasteiger partial charge in [0.25, 0.3) is 0 Å². The van der Waals surface area contributed by atoms with Gasteiger partial charge in [-0.25, -0.2) is 0 Å². The van der Waals surface area contributed by atoms with Gasteiger partial charge in [-0.15, -0.1) is 0 Å². The third-order valence-electron chi connectivity index (χ3n) is 2.73. The van der Waals surface area contributed by atoms with Gasteiger partial charge in [0.15, 0.2) is 0 Å². The second kappa shape index (κ2) is 5.48. The van der Waals surface area contributed by atoms with Gasteiger partial charge in [0.05, 0.1) is 14.2 Å². The molecule has 1 aromatic carbocycles. The minimum atomic E-state index is -0.160. The van der Waals surface area contributed by atoms with E-state index < -0.39 is 0 Å². The fourth-order valence-corrected chi connectivity index (χ4v) is 2.27. The highest BCUT2D eigenvalue weighted by atomic mass is 32.1. The van der Waals surface area contributed by atoms with Crippen LogP contribution in [0.2, 0.25) is 0 Å². The molecule has 1 aromatic rings. The minimum absolute atomic E-state index is 0.160. The Morgan fingerprint density at radius 2 is 1.94 bits per heavy atom. The van der Waals surface area contributed by atoms with Crippen LogP contribution >= 0.6 is 12.6 Å². The molecule has 0 N–H and O–H groups in total. The summed E-state index contributed by atoms with van der Waals surface area (Å²) in [4.78, 5) is 0. The molecule has 0 aliphatic carbocycles. The summed E-state index contributed by atoms with van der Waals surface area (Å²) in [5.41, 5.74) is 1.11. The maximum absolute atomic E-state index is 5.39. The topological polar surface area (TPSA) is 18.5 Å². The summed E-state index contributed by atoms with van der Waals surface area (Å²) in [6, 6.07) is 5.88. The smallest absolute Gasteiger partial charge is 0.127 e. The summed E-state index contributed by atoms with van der Waals surface area (Å²) in [5.74, 6) is 1.64. The Kier molecular flexibility index (Phi) is 4.54. The molecule has 1 atom stereocenters. The van der Waals surface area contributed by atoms with Crippen LogP contribution in [0, 0.1) is 0 Å². The van der Waals surface area contributed by atoms with E-state index in [2.05, 4.69) is 13.8 Å². The molecule has 0 saturated carbocycles. The van der Waals surface area contributed by atoms with Crippen LogP contribution in [-0.4, -0.2) is 14.2 Å². The zero-order valence-corrected chi connectivity index (χ0v) is 11.3. The number of methoxy groups -OCH3 is 2. The summed E-state index contributed by atoms with van der Waals surface area (Å²) in [7, 11) is 3.33. The van der Waals surface area contributed by atoms with Crippen LogP contribution in [-0.2, 0) is 4.75 Å². The van der Waals surface area contributed by atoms with E-state index >= 15 is 0 Å². The van der Waals surface area contributed by atoms with Crippen molar-refractivity contribution in [3.63, 3.8) is 0 Å². The molecule has 1 unspecified atom stereocenters. The van der Waals surface area contributed by atoms with Crippen molar-refractivity contribution in [1.82, 2.24) is 0 Å². The van der Waals surface area contributed by atoms with E-state index in [4.69, 9.17) is 22.1 Å². The third kappa shape index (κ3) is 2.85. The summed E-state index contributed by atoms with van der Waals surface area (Å²) >= 11 is 4.72. The Labute approximate surface area is 103 Å². The van der Waals surface area contributed by atoms with Gasteiger partial charge in [-0.2, -0.15) is 12.6 Å². The minimum Gasteiger partial charge on any atom is -0.497 e. The lowest BCUT2D eigenvalue weighted by molar-refractivity contribution is 0.386. The highest BCUT2D eigenvalue weighted by Gasteiger charge is 2.24. The van der Waals surface area contributed by atoms with E-state index in [1.54, 1.807) is 14.2 Å². The summed E-state index contributed by atoms with van der Waals surface area (Å²) in [6.07, 6.45) is 2.11. The summed E-state index contributed by atoms with van der Waals surface area (Å²) < 4.78 is 10.4. The number of rotatable bonds is 5. The van der Waals surface area contributed by atoms with Gasteiger partial charge < -0.3 is 9.47 Å². The monoisotopic (exact) mass is 240 g/mol. The fourth-order valence-electron chi connectivity index (χ4n) is 1.86. The van der Waals surface area contributed by atoms with Crippen molar-refractivity contribution in [3.05, 3.63) is 23.8 Å². The van der Waals surface area contributed by atoms with Gasteiger partial charge in [0, 0.05) is 16.4 Å². The quantitative estimate of drug-likeness (QED) is 0.792. The zero-order valence-electron chi connectivity index (χ0n) is 10.4. The molecule has 3 heteroatoms. The first kappa shape index (κ1) is 13.2. The largest absolute Gasteiger partial charge is 0.497 e. The predicted molar refractivity (Wildman–Crippen MR) is 70.8 cm³/mol. The average molecular weight is 240 g/mol. The molecular formula is C13H20O2S. The molecule has 0 aromatic heterocycles. The molecule has 2 nitrogen and oxygen atoms in total. The van der Waals surface area contributed by atoms with Crippen LogP contribution in [0.25, 0.3) is 0 Å². The second-order valence-electron chi connectivity index (χ2n) is 4.09. The highest BCUT2D eigenvalue weighted by Crippen LogP contribution is 2.40. The van der Waals surface area contributed by atoms with Crippen LogP contribution in [0.3, 0.4) is 0 Å². The van der Waals surface area contributed by atoms with Crippen LogP contribution < -0.4 is 9.47 Å². The van der Waals surface area contributed by atoms with Gasteiger partial charge in [-0.05, 0) is 19.4 Å². The first-order valence-corrected chi connectivity index (χ1v) is 5.94. The van der Waals surface area contributed by atoms with Crippen LogP contribution in [0.1, 0.15) is 32.3 Å². The van der Waals surface area contributed by atoms with Gasteiger partial charge >= 0.3 is 0 Å². The van der Waals surface area contributed by atoms with Crippen molar-refractivity contribution in [3.8, 4) is 11.5 Å². The van der Waals surface area contributed by atoms with Crippen molar-refractivity contribution in [1.29, 1.82) is 0 Å². The van der Waals surface area contributed by atoms with E-state index in [9.17, 15) is 0 Å². The predicted octanol–water partition coefficient (Wildman–Crippen LogP) is 3.65. The fraction of sp³-hybridized carbons (Fsp3) is 0.538. The Balaban J connectivity index is 3.12. The van der Waals surface area contributed by atoms with Crippen molar-refractivity contribution in [2.75, 3.05) is 14.2 Å². The zero-order chi connectivity index (χ0) is 12.2. The molecule has 0 saturated heterocycles. The van der Waals surface area contributed by atoms with Gasteiger partial charge in [-0.3, -0.25) is 0 Å². The van der Waals surface area contributed by atoms with Crippen molar-refractivity contribution < 1.29 is 9.47 Å². The molecule has 0 amide bonds. The van der Waals surface area contributed by atoms with E-state index in [0.29, 0.717) is 0 Å². The standard InChI is InChI=1S/C13H20O2S/c1-5-8-13(2,16)11-7-6-10(14-3)9-12(11)15-4/h6-7,9,16H,5,8H2,1-4H3. The third-order valence-corrected chi connectivity index (χ3v) is 3.19. The molecule has 90 valence electrons. The van der Waals surface area contributed by atoms with E-state index in [1.165, 1.54) is 0 Å². The molecule has 0 heterocycles. The van der Waals surface area contributed by atoms with Gasteiger partial charge in [0.1, 0.15) is 11.5 Å². The lowest BCUT2D eigenvalue weighted by atomic mass is 9.94. The summed E-state index contributed by atoms with van der Waals surface area (Å²) in [5, 5.41) is 0. The van der Waals surface area contributed by atoms with Crippen molar-refractivity contribution in [2.24, 2.45) is 0 Å². The molecular weight excluding hydrogens is 220 g/mol. The van der Waals surface area contributed by atoms with E-state index in [1.807, 2.05) is 18.2 Å². The normalized spacial score (nSPS) is 14.3. The Hall–Kier alpha value is -0.830. The number of benzene rings is 1. The first-order valence-electron chi connectivity index (χ1n) is 5.50. The van der Waals surface area contributed by atoms with Crippen LogP contribution in [0.15, 0.2) is 18.2 Å². The number of hydrogen-bond donors (Lipinski definition) is 1. The average Bonchev–Trinajstić information content (AvgIpc) is 2.28. The maximum Gasteiger partial charge on any atom is 0.127 e. The molecule has 0 spiro atoms. The van der Waals surface area contributed by atoms with Crippen LogP contribution in [0.4, 0.5) is 0 Å². The lowest BCUT2D eigenvalue weighted by Crippen LogP contribution is -2.14. The molecule has 0 fully saturated rings. The Morgan fingerprint density at radius 3 is 2.44 bits per heavy atom. The van der Waals surface area contributed by atoms with E-state index in [-0.39, 0.29) is 4.75 Å². The molecule has 1 rings (SSSR count). The second-order valence-corrected chi connectivity index (χ2v) is 5.08. The Morgan fingerprint density at radius 1 is 1.25 bits per heavy atom. The number of ether oxygens (including phenoxy) is 2. The van der Waals surface area contributed by atoms with Gasteiger partial charge in [0.2, 0.25) is 0 Å². The number of thiol groups is 1. The highest BCUT2D eigenvalue weighted by molar-refractivity contribution is 7.81. The lowest BCUT2D eigenvalue weighted by Gasteiger charge is -2.26.